The maximum Gasteiger partial charge on any atom is 0.260 e. The van der Waals surface area contributed by atoms with Crippen molar-refractivity contribution in [2.75, 3.05) is 26.4 Å². The Morgan fingerprint density at radius 2 is 1.83 bits per heavy atom. The number of benzene rings is 1. The summed E-state index contributed by atoms with van der Waals surface area (Å²) in [6.07, 6.45) is 5.86. The van der Waals surface area contributed by atoms with Crippen LogP contribution < -0.4 is 9.47 Å². The number of hydrogen-bond donors (Lipinski definition) is 1. The highest BCUT2D eigenvalue weighted by Crippen LogP contribution is 2.27. The van der Waals surface area contributed by atoms with Gasteiger partial charge in [-0.05, 0) is 31.9 Å². The van der Waals surface area contributed by atoms with Gasteiger partial charge in [-0.2, -0.15) is 0 Å². The van der Waals surface area contributed by atoms with Crippen LogP contribution in [0.3, 0.4) is 0 Å². The standard InChI is InChI=1S/C18H27NO4/c1-2-19(15-8-4-3-5-9-15)18(21)14-23-17-11-7-6-10-16(17)22-13-12-20/h6-7,10-11,15,20H,2-5,8-9,12-14H2,1H3. The molecule has 1 N–H and O–H groups in total. The van der Waals surface area contributed by atoms with E-state index in [2.05, 4.69) is 0 Å². The van der Waals surface area contributed by atoms with Gasteiger partial charge in [0.2, 0.25) is 0 Å². The molecule has 1 aliphatic rings. The van der Waals surface area contributed by atoms with Crippen LogP contribution in [-0.2, 0) is 4.79 Å². The van der Waals surface area contributed by atoms with Crippen LogP contribution in [0.2, 0.25) is 0 Å². The Morgan fingerprint density at radius 1 is 1.17 bits per heavy atom. The molecule has 1 fully saturated rings. The molecule has 5 nitrogen and oxygen atoms in total. The van der Waals surface area contributed by atoms with E-state index in [1.165, 1.54) is 19.3 Å². The van der Waals surface area contributed by atoms with Gasteiger partial charge >= 0.3 is 0 Å². The molecule has 23 heavy (non-hydrogen) atoms. The lowest BCUT2D eigenvalue weighted by atomic mass is 9.94. The highest BCUT2D eigenvalue weighted by atomic mass is 16.5. The Hall–Kier alpha value is -1.75. The summed E-state index contributed by atoms with van der Waals surface area (Å²) in [5, 5.41) is 8.86. The SMILES string of the molecule is CCN(C(=O)COc1ccccc1OCCO)C1CCCCC1. The van der Waals surface area contributed by atoms with Crippen LogP contribution >= 0.6 is 0 Å². The zero-order valence-electron chi connectivity index (χ0n) is 13.9. The molecule has 1 aliphatic carbocycles. The fourth-order valence-electron chi connectivity index (χ4n) is 3.10. The second-order valence-electron chi connectivity index (χ2n) is 5.78. The first-order valence-corrected chi connectivity index (χ1v) is 8.51. The van der Waals surface area contributed by atoms with Crippen LogP contribution in [0.25, 0.3) is 0 Å². The van der Waals surface area contributed by atoms with E-state index >= 15 is 0 Å². The molecule has 0 saturated heterocycles. The van der Waals surface area contributed by atoms with E-state index in [-0.39, 0.29) is 25.7 Å². The second kappa shape index (κ2) is 9.40. The van der Waals surface area contributed by atoms with Crippen LogP contribution in [0.5, 0.6) is 11.5 Å². The van der Waals surface area contributed by atoms with E-state index in [9.17, 15) is 4.79 Å². The van der Waals surface area contributed by atoms with Crippen molar-refractivity contribution in [2.45, 2.75) is 45.1 Å². The number of para-hydroxylation sites is 2. The molecular weight excluding hydrogens is 294 g/mol. The number of rotatable bonds is 8. The molecule has 1 aromatic carbocycles. The Balaban J connectivity index is 1.92. The maximum absolute atomic E-state index is 12.5. The largest absolute Gasteiger partial charge is 0.487 e. The average Bonchev–Trinajstić information content (AvgIpc) is 2.60. The monoisotopic (exact) mass is 321 g/mol. The molecule has 128 valence electrons. The maximum atomic E-state index is 12.5. The number of likely N-dealkylation sites (N-methyl/N-ethyl adjacent to an activating group) is 1. The minimum atomic E-state index is -0.0570. The summed E-state index contributed by atoms with van der Waals surface area (Å²) in [7, 11) is 0. The minimum Gasteiger partial charge on any atom is -0.487 e. The third kappa shape index (κ3) is 5.13. The highest BCUT2D eigenvalue weighted by Gasteiger charge is 2.24. The van der Waals surface area contributed by atoms with Gasteiger partial charge < -0.3 is 19.5 Å². The molecule has 0 radical (unpaired) electrons. The molecule has 0 heterocycles. The summed E-state index contributed by atoms with van der Waals surface area (Å²) in [5.74, 6) is 1.11. The van der Waals surface area contributed by atoms with Gasteiger partial charge in [-0.15, -0.1) is 0 Å². The number of amides is 1. The summed E-state index contributed by atoms with van der Waals surface area (Å²) in [6, 6.07) is 7.57. The molecule has 0 bridgehead atoms. The molecular formula is C18H27NO4. The third-order valence-corrected chi connectivity index (χ3v) is 4.23. The van der Waals surface area contributed by atoms with Crippen LogP contribution in [-0.4, -0.2) is 48.3 Å². The number of carbonyl (C=O) groups excluding carboxylic acids is 1. The lowest BCUT2D eigenvalue weighted by Gasteiger charge is -2.33. The van der Waals surface area contributed by atoms with Crippen LogP contribution in [0.1, 0.15) is 39.0 Å². The lowest BCUT2D eigenvalue weighted by Crippen LogP contribution is -2.43. The number of hydrogen-bond acceptors (Lipinski definition) is 4. The van der Waals surface area contributed by atoms with Crippen LogP contribution in [0.15, 0.2) is 24.3 Å². The minimum absolute atomic E-state index is 0.0177. The Morgan fingerprint density at radius 3 is 2.43 bits per heavy atom. The van der Waals surface area contributed by atoms with Crippen molar-refractivity contribution < 1.29 is 19.4 Å². The molecule has 0 spiro atoms. The summed E-state index contributed by atoms with van der Waals surface area (Å²) >= 11 is 0. The zero-order valence-corrected chi connectivity index (χ0v) is 13.9. The lowest BCUT2D eigenvalue weighted by molar-refractivity contribution is -0.136. The first-order chi connectivity index (χ1) is 11.3. The summed E-state index contributed by atoms with van der Waals surface area (Å²) in [4.78, 5) is 14.4. The Labute approximate surface area is 138 Å². The van der Waals surface area contributed by atoms with Crippen LogP contribution in [0.4, 0.5) is 0 Å². The van der Waals surface area contributed by atoms with Crippen molar-refractivity contribution >= 4 is 5.91 Å². The average molecular weight is 321 g/mol. The van der Waals surface area contributed by atoms with E-state index in [1.807, 2.05) is 24.0 Å². The first kappa shape index (κ1) is 17.6. The van der Waals surface area contributed by atoms with Gasteiger partial charge in [-0.1, -0.05) is 31.4 Å². The van der Waals surface area contributed by atoms with Crippen LogP contribution in [0, 0.1) is 0 Å². The van der Waals surface area contributed by atoms with Gasteiger partial charge in [0.05, 0.1) is 6.61 Å². The highest BCUT2D eigenvalue weighted by molar-refractivity contribution is 5.78. The van der Waals surface area contributed by atoms with E-state index in [4.69, 9.17) is 14.6 Å². The fraction of sp³-hybridized carbons (Fsp3) is 0.611. The van der Waals surface area contributed by atoms with Crippen molar-refractivity contribution in [3.63, 3.8) is 0 Å². The molecule has 0 atom stereocenters. The van der Waals surface area contributed by atoms with Gasteiger partial charge in [0.1, 0.15) is 6.61 Å². The molecule has 0 aromatic heterocycles. The normalized spacial score (nSPS) is 15.2. The van der Waals surface area contributed by atoms with Crippen molar-refractivity contribution in [3.05, 3.63) is 24.3 Å². The van der Waals surface area contributed by atoms with E-state index in [0.717, 1.165) is 19.4 Å². The van der Waals surface area contributed by atoms with Gasteiger partial charge in [-0.25, -0.2) is 0 Å². The summed E-state index contributed by atoms with van der Waals surface area (Å²) < 4.78 is 11.1. The molecule has 0 aliphatic heterocycles. The molecule has 1 aromatic rings. The fourth-order valence-corrected chi connectivity index (χ4v) is 3.10. The van der Waals surface area contributed by atoms with E-state index in [1.54, 1.807) is 12.1 Å². The summed E-state index contributed by atoms with van der Waals surface area (Å²) in [5.41, 5.74) is 0. The number of carbonyl (C=O) groups is 1. The molecule has 1 amide bonds. The zero-order chi connectivity index (χ0) is 16.5. The molecule has 1 saturated carbocycles. The second-order valence-corrected chi connectivity index (χ2v) is 5.78. The van der Waals surface area contributed by atoms with Gasteiger partial charge in [0.25, 0.3) is 5.91 Å². The Bertz CT molecular complexity index is 486. The number of ether oxygens (including phenoxy) is 2. The number of aliphatic hydroxyl groups excluding tert-OH is 1. The topological polar surface area (TPSA) is 59.0 Å². The predicted molar refractivity (Wildman–Crippen MR) is 88.8 cm³/mol. The Kier molecular flexibility index (Phi) is 7.20. The van der Waals surface area contributed by atoms with Gasteiger partial charge in [0, 0.05) is 12.6 Å². The predicted octanol–water partition coefficient (Wildman–Crippen LogP) is 2.62. The third-order valence-electron chi connectivity index (χ3n) is 4.23. The molecule has 5 heteroatoms. The first-order valence-electron chi connectivity index (χ1n) is 8.51. The molecule has 2 rings (SSSR count). The van der Waals surface area contributed by atoms with Crippen molar-refractivity contribution in [2.24, 2.45) is 0 Å². The number of aliphatic hydroxyl groups is 1. The van der Waals surface area contributed by atoms with Crippen molar-refractivity contribution in [3.8, 4) is 11.5 Å². The van der Waals surface area contributed by atoms with Gasteiger partial charge in [-0.3, -0.25) is 4.79 Å². The van der Waals surface area contributed by atoms with E-state index < -0.39 is 0 Å². The van der Waals surface area contributed by atoms with Crippen molar-refractivity contribution in [1.29, 1.82) is 0 Å². The summed E-state index contributed by atoms with van der Waals surface area (Å²) in [6.45, 7) is 2.90. The smallest absolute Gasteiger partial charge is 0.260 e. The van der Waals surface area contributed by atoms with E-state index in [0.29, 0.717) is 17.5 Å². The quantitative estimate of drug-likeness (QED) is 0.799. The number of nitrogens with zero attached hydrogens (tertiary/aromatic N) is 1. The molecule has 0 unspecified atom stereocenters. The van der Waals surface area contributed by atoms with Gasteiger partial charge in [0.15, 0.2) is 18.1 Å². The van der Waals surface area contributed by atoms with Crippen molar-refractivity contribution in [1.82, 2.24) is 4.90 Å².